The SMILES string of the molecule is CCCCCCCCCCCCCCCCCC([SH2+])(CCC)c1cc(C)ccc1C(=O)OCC.F[B-](F)(F)F. The van der Waals surface area contributed by atoms with Gasteiger partial charge >= 0.3 is 13.2 Å². The van der Waals surface area contributed by atoms with E-state index in [9.17, 15) is 22.1 Å². The van der Waals surface area contributed by atoms with Crippen LogP contribution in [0, 0.1) is 6.92 Å². The molecule has 0 aromatic heterocycles. The van der Waals surface area contributed by atoms with Gasteiger partial charge in [0.1, 0.15) is 4.75 Å². The fourth-order valence-corrected chi connectivity index (χ4v) is 5.69. The minimum atomic E-state index is -6.00. The molecular formula is C31H55BF4O2S. The summed E-state index contributed by atoms with van der Waals surface area (Å²) >= 11 is 4.16. The predicted octanol–water partition coefficient (Wildman–Crippen LogP) is 10.7. The van der Waals surface area contributed by atoms with E-state index >= 15 is 0 Å². The Kier molecular flexibility index (Phi) is 21.8. The van der Waals surface area contributed by atoms with Crippen LogP contribution in [-0.4, -0.2) is 19.8 Å². The summed E-state index contributed by atoms with van der Waals surface area (Å²) < 4.78 is 44.2. The van der Waals surface area contributed by atoms with Crippen molar-refractivity contribution in [2.75, 3.05) is 6.61 Å². The molecule has 39 heavy (non-hydrogen) atoms. The van der Waals surface area contributed by atoms with Crippen LogP contribution in [0.1, 0.15) is 158 Å². The smallest absolute Gasteiger partial charge is 0.462 e. The molecule has 0 N–H and O–H groups in total. The second-order valence-corrected chi connectivity index (χ2v) is 11.8. The van der Waals surface area contributed by atoms with Crippen molar-refractivity contribution in [2.24, 2.45) is 0 Å². The molecule has 0 bridgehead atoms. The molecular weight excluding hydrogens is 523 g/mol. The van der Waals surface area contributed by atoms with Gasteiger partial charge < -0.3 is 22.0 Å². The Morgan fingerprint density at radius 3 is 1.59 bits per heavy atom. The van der Waals surface area contributed by atoms with Crippen LogP contribution in [0.4, 0.5) is 17.3 Å². The first kappa shape index (κ1) is 37.8. The van der Waals surface area contributed by atoms with Crippen molar-refractivity contribution in [3.63, 3.8) is 0 Å². The van der Waals surface area contributed by atoms with Crippen LogP contribution in [0.3, 0.4) is 0 Å². The third-order valence-electron chi connectivity index (χ3n) is 7.07. The van der Waals surface area contributed by atoms with Gasteiger partial charge in [-0.3, -0.25) is 0 Å². The molecule has 1 unspecified atom stereocenters. The number of hydrogen-bond acceptors (Lipinski definition) is 2. The summed E-state index contributed by atoms with van der Waals surface area (Å²) in [5.74, 6) is -0.201. The third kappa shape index (κ3) is 20.4. The quantitative estimate of drug-likeness (QED) is 0.0477. The van der Waals surface area contributed by atoms with Gasteiger partial charge in [-0.1, -0.05) is 122 Å². The third-order valence-corrected chi connectivity index (χ3v) is 7.84. The largest absolute Gasteiger partial charge is 0.673 e. The van der Waals surface area contributed by atoms with E-state index in [-0.39, 0.29) is 10.7 Å². The zero-order valence-electron chi connectivity index (χ0n) is 25.1. The molecule has 0 aliphatic heterocycles. The molecule has 1 aromatic carbocycles. The first-order chi connectivity index (χ1) is 18.5. The van der Waals surface area contributed by atoms with E-state index in [4.69, 9.17) is 4.74 Å². The van der Waals surface area contributed by atoms with E-state index in [0.717, 1.165) is 30.4 Å². The molecule has 0 amide bonds. The Labute approximate surface area is 242 Å². The van der Waals surface area contributed by atoms with Crippen molar-refractivity contribution in [1.82, 2.24) is 0 Å². The number of halogens is 4. The molecule has 1 atom stereocenters. The van der Waals surface area contributed by atoms with E-state index in [1.54, 1.807) is 0 Å². The van der Waals surface area contributed by atoms with Crippen molar-refractivity contribution < 1.29 is 26.8 Å². The van der Waals surface area contributed by atoms with E-state index in [2.05, 4.69) is 39.5 Å². The standard InChI is InChI=1S/C31H54O2S.BF4/c1-5-8-9-10-11-12-13-14-15-16-17-18-19-20-21-25-31(34,24-6-2)29-26-27(4)22-23-28(29)30(32)33-7-3;2-1(3,4)5/h22-23,26,34H,5-21,24-25H2,1-4H3;/q;-1/p+1. The number of carbonyl (C=O) groups is 1. The molecule has 2 nitrogen and oxygen atoms in total. The molecule has 1 aromatic rings. The number of hydrogen-bond donors (Lipinski definition) is 0. The summed E-state index contributed by atoms with van der Waals surface area (Å²) in [5.41, 5.74) is 3.02. The van der Waals surface area contributed by atoms with Crippen LogP contribution in [0.5, 0.6) is 0 Å². The van der Waals surface area contributed by atoms with E-state index < -0.39 is 7.25 Å². The van der Waals surface area contributed by atoms with Crippen LogP contribution < -0.4 is 0 Å². The number of benzene rings is 1. The van der Waals surface area contributed by atoms with Crippen LogP contribution in [-0.2, 0) is 22.1 Å². The van der Waals surface area contributed by atoms with E-state index in [1.165, 1.54) is 102 Å². The van der Waals surface area contributed by atoms with Gasteiger partial charge in [0.25, 0.3) is 0 Å². The maximum atomic E-state index is 12.6. The zero-order valence-corrected chi connectivity index (χ0v) is 26.1. The highest BCUT2D eigenvalue weighted by Crippen LogP contribution is 2.37. The lowest BCUT2D eigenvalue weighted by atomic mass is 9.84. The minimum Gasteiger partial charge on any atom is -0.462 e. The van der Waals surface area contributed by atoms with Gasteiger partial charge in [-0.15, -0.1) is 0 Å². The highest BCUT2D eigenvalue weighted by atomic mass is 32.1. The minimum absolute atomic E-state index is 0.153. The van der Waals surface area contributed by atoms with Crippen LogP contribution >= 0.6 is 0 Å². The predicted molar refractivity (Wildman–Crippen MR) is 164 cm³/mol. The zero-order chi connectivity index (χ0) is 29.6. The van der Waals surface area contributed by atoms with Gasteiger partial charge in [-0.2, -0.15) is 0 Å². The second kappa shape index (κ2) is 22.5. The number of esters is 1. The maximum Gasteiger partial charge on any atom is 0.673 e. The Morgan fingerprint density at radius 2 is 1.18 bits per heavy atom. The van der Waals surface area contributed by atoms with Gasteiger partial charge in [-0.25, -0.2) is 4.79 Å². The second-order valence-electron chi connectivity index (χ2n) is 10.8. The first-order valence-electron chi connectivity index (χ1n) is 15.4. The first-order valence-corrected chi connectivity index (χ1v) is 15.9. The topological polar surface area (TPSA) is 26.3 Å². The Balaban J connectivity index is 0.00000263. The fourth-order valence-electron chi connectivity index (χ4n) is 5.06. The average Bonchev–Trinajstić information content (AvgIpc) is 2.85. The summed E-state index contributed by atoms with van der Waals surface area (Å²) in [6, 6.07) is 6.14. The number of aryl methyl sites for hydroxylation is 1. The maximum absolute atomic E-state index is 12.6. The van der Waals surface area contributed by atoms with Gasteiger partial charge in [0.05, 0.1) is 12.2 Å². The Morgan fingerprint density at radius 1 is 0.744 bits per heavy atom. The molecule has 0 aliphatic carbocycles. The summed E-state index contributed by atoms with van der Waals surface area (Å²) in [4.78, 5) is 12.6. The highest BCUT2D eigenvalue weighted by molar-refractivity contribution is 7.60. The van der Waals surface area contributed by atoms with Crippen LogP contribution in [0.2, 0.25) is 0 Å². The molecule has 0 spiro atoms. The lowest BCUT2D eigenvalue weighted by Crippen LogP contribution is -2.26. The number of carbonyl (C=O) groups excluding carboxylic acids is 1. The molecule has 228 valence electrons. The summed E-state index contributed by atoms with van der Waals surface area (Å²) in [6.07, 6.45) is 23.9. The molecule has 0 aliphatic rings. The van der Waals surface area contributed by atoms with Crippen molar-refractivity contribution >= 4 is 25.9 Å². The summed E-state index contributed by atoms with van der Waals surface area (Å²) in [6.45, 7) is 8.89. The fraction of sp³-hybridized carbons (Fsp3) is 0.774. The molecule has 0 heterocycles. The number of ether oxygens (including phenoxy) is 1. The van der Waals surface area contributed by atoms with Crippen molar-refractivity contribution in [2.45, 2.75) is 148 Å². The number of rotatable bonds is 21. The van der Waals surface area contributed by atoms with Crippen LogP contribution in [0.15, 0.2) is 18.2 Å². The van der Waals surface area contributed by atoms with E-state index in [1.807, 2.05) is 19.1 Å². The van der Waals surface area contributed by atoms with Crippen LogP contribution in [0.25, 0.3) is 0 Å². The molecule has 8 heteroatoms. The van der Waals surface area contributed by atoms with Crippen molar-refractivity contribution in [3.8, 4) is 0 Å². The monoisotopic (exact) mass is 578 g/mol. The Bertz CT molecular complexity index is 755. The molecule has 0 saturated heterocycles. The molecule has 0 radical (unpaired) electrons. The van der Waals surface area contributed by atoms with Crippen molar-refractivity contribution in [3.05, 3.63) is 34.9 Å². The van der Waals surface area contributed by atoms with Gasteiger partial charge in [0.15, 0.2) is 0 Å². The average molecular weight is 579 g/mol. The van der Waals surface area contributed by atoms with E-state index in [0.29, 0.717) is 6.61 Å². The van der Waals surface area contributed by atoms with Gasteiger partial charge in [0.2, 0.25) is 0 Å². The highest BCUT2D eigenvalue weighted by Gasteiger charge is 2.37. The molecule has 0 fully saturated rings. The molecule has 0 saturated carbocycles. The lowest BCUT2D eigenvalue weighted by Gasteiger charge is -2.25. The molecule has 1 rings (SSSR count). The summed E-state index contributed by atoms with van der Waals surface area (Å²) in [7, 11) is -6.00. The van der Waals surface area contributed by atoms with Gasteiger partial charge in [0, 0.05) is 18.4 Å². The van der Waals surface area contributed by atoms with Gasteiger partial charge in [-0.05, 0) is 45.0 Å². The number of unbranched alkanes of at least 4 members (excludes halogenated alkanes) is 14. The normalized spacial score (nSPS) is 12.9. The van der Waals surface area contributed by atoms with Crippen molar-refractivity contribution in [1.29, 1.82) is 0 Å². The Hall–Kier alpha value is -1.18. The summed E-state index contributed by atoms with van der Waals surface area (Å²) in [5, 5.41) is 0. The lowest BCUT2D eigenvalue weighted by molar-refractivity contribution is 0.0523.